The highest BCUT2D eigenvalue weighted by Gasteiger charge is 2.33. The van der Waals surface area contributed by atoms with Crippen LogP contribution in [0.5, 0.6) is 0 Å². The topological polar surface area (TPSA) is 107 Å². The van der Waals surface area contributed by atoms with Crippen LogP contribution >= 0.6 is 47.2 Å². The molecule has 2 rings (SSSR count). The van der Waals surface area contributed by atoms with Gasteiger partial charge in [-0.25, -0.2) is 0 Å². The van der Waals surface area contributed by atoms with Gasteiger partial charge in [0.05, 0.1) is 11.5 Å². The first-order valence-corrected chi connectivity index (χ1v) is 10.9. The van der Waals surface area contributed by atoms with Crippen LogP contribution in [-0.4, -0.2) is 75.9 Å². The molecule has 160 valence electrons. The number of nitrogens with two attached hydrogens (primary N) is 1. The number of thioether (sulfide) groups is 1. The first kappa shape index (κ1) is 25.7. The molecule has 1 aliphatic heterocycles. The Morgan fingerprint density at radius 2 is 1.79 bits per heavy atom. The number of aliphatic hydroxyl groups excluding tert-OH is 1. The highest BCUT2D eigenvalue weighted by Crippen LogP contribution is 2.32. The number of carboxylic acid groups (broad SMARTS) is 1. The molecular formula is C18H23Cl2N3O4S2. The zero-order chi connectivity index (χ0) is 21.8. The maximum atomic E-state index is 12.2. The van der Waals surface area contributed by atoms with Crippen molar-refractivity contribution in [3.8, 4) is 0 Å². The summed E-state index contributed by atoms with van der Waals surface area (Å²) in [6, 6.07) is 7.63. The van der Waals surface area contributed by atoms with Gasteiger partial charge in [-0.05, 0) is 23.8 Å². The van der Waals surface area contributed by atoms with Crippen molar-refractivity contribution in [2.45, 2.75) is 0 Å². The van der Waals surface area contributed by atoms with Gasteiger partial charge in [-0.2, -0.15) is 0 Å². The van der Waals surface area contributed by atoms with Crippen LogP contribution in [0.25, 0.3) is 6.08 Å². The third-order valence-electron chi connectivity index (χ3n) is 3.56. The first-order chi connectivity index (χ1) is 13.9. The maximum absolute atomic E-state index is 12.2. The molecule has 7 nitrogen and oxygen atoms in total. The molecule has 0 saturated carbocycles. The number of hydrogen-bond acceptors (Lipinski definition) is 7. The van der Waals surface area contributed by atoms with E-state index in [9.17, 15) is 9.59 Å². The zero-order valence-corrected chi connectivity index (χ0v) is 18.7. The summed E-state index contributed by atoms with van der Waals surface area (Å²) in [4.78, 5) is 26.6. The average Bonchev–Trinajstić information content (AvgIpc) is 2.95. The predicted molar refractivity (Wildman–Crippen MR) is 124 cm³/mol. The summed E-state index contributed by atoms with van der Waals surface area (Å²) in [7, 11) is 0. The summed E-state index contributed by atoms with van der Waals surface area (Å²) < 4.78 is 0.255. The van der Waals surface area contributed by atoms with Crippen LogP contribution in [0, 0.1) is 0 Å². The summed E-state index contributed by atoms with van der Waals surface area (Å²) >= 11 is 17.8. The molecule has 0 aliphatic carbocycles. The third-order valence-corrected chi connectivity index (χ3v) is 5.28. The first-order valence-electron chi connectivity index (χ1n) is 8.63. The molecule has 0 aromatic heterocycles. The zero-order valence-electron chi connectivity index (χ0n) is 15.6. The van der Waals surface area contributed by atoms with Crippen molar-refractivity contribution in [3.63, 3.8) is 0 Å². The van der Waals surface area contributed by atoms with Crippen molar-refractivity contribution in [1.82, 2.24) is 4.90 Å². The van der Waals surface area contributed by atoms with E-state index in [0.29, 0.717) is 36.3 Å². The van der Waals surface area contributed by atoms with E-state index in [1.807, 2.05) is 24.3 Å². The Hall–Kier alpha value is -1.36. The minimum Gasteiger partial charge on any atom is -0.480 e. The van der Waals surface area contributed by atoms with Crippen LogP contribution < -0.4 is 10.6 Å². The monoisotopic (exact) mass is 479 g/mol. The van der Waals surface area contributed by atoms with E-state index in [2.05, 4.69) is 4.90 Å². The van der Waals surface area contributed by atoms with Crippen molar-refractivity contribution in [1.29, 1.82) is 0 Å². The average molecular weight is 480 g/mol. The van der Waals surface area contributed by atoms with Gasteiger partial charge >= 0.3 is 5.97 Å². The molecule has 1 aliphatic rings. The lowest BCUT2D eigenvalue weighted by Gasteiger charge is -2.22. The minimum atomic E-state index is -1.10. The van der Waals surface area contributed by atoms with Crippen LogP contribution in [0.15, 0.2) is 29.2 Å². The van der Waals surface area contributed by atoms with Crippen LogP contribution in [0.2, 0.25) is 0 Å². The van der Waals surface area contributed by atoms with Crippen LogP contribution in [0.3, 0.4) is 0 Å². The van der Waals surface area contributed by atoms with Gasteiger partial charge in [0.15, 0.2) is 0 Å². The van der Waals surface area contributed by atoms with Crippen molar-refractivity contribution in [2.75, 3.05) is 49.4 Å². The molecule has 0 atom stereocenters. The van der Waals surface area contributed by atoms with Crippen LogP contribution in [0.1, 0.15) is 5.56 Å². The van der Waals surface area contributed by atoms with Gasteiger partial charge in [-0.3, -0.25) is 14.5 Å². The lowest BCUT2D eigenvalue weighted by molar-refractivity contribution is -0.140. The largest absolute Gasteiger partial charge is 0.480 e. The number of thiocarbonyl (C=S) groups is 1. The summed E-state index contributed by atoms with van der Waals surface area (Å²) in [6.45, 7) is 1.44. The number of rotatable bonds is 9. The second-order valence-electron chi connectivity index (χ2n) is 5.63. The summed E-state index contributed by atoms with van der Waals surface area (Å²) in [6.07, 6.45) is 1.71. The Balaban J connectivity index is 0.000000960. The lowest BCUT2D eigenvalue weighted by atomic mass is 10.1. The maximum Gasteiger partial charge on any atom is 0.323 e. The number of aliphatic hydroxyl groups is 1. The molecule has 1 fully saturated rings. The number of amides is 1. The van der Waals surface area contributed by atoms with Crippen LogP contribution in [0.4, 0.5) is 5.69 Å². The van der Waals surface area contributed by atoms with Crippen molar-refractivity contribution in [2.24, 2.45) is 5.73 Å². The number of benzene rings is 1. The van der Waals surface area contributed by atoms with E-state index in [-0.39, 0.29) is 16.8 Å². The number of alkyl halides is 2. The van der Waals surface area contributed by atoms with Crippen LogP contribution in [-0.2, 0) is 9.59 Å². The van der Waals surface area contributed by atoms with Gasteiger partial charge in [0.1, 0.15) is 10.9 Å². The Labute approximate surface area is 189 Å². The van der Waals surface area contributed by atoms with Crippen molar-refractivity contribution >= 4 is 75.1 Å². The molecule has 0 bridgehead atoms. The number of hydrogen-bond donors (Lipinski definition) is 3. The van der Waals surface area contributed by atoms with Gasteiger partial charge < -0.3 is 20.8 Å². The van der Waals surface area contributed by atoms with Gasteiger partial charge in [0.2, 0.25) is 0 Å². The number of halogens is 2. The number of anilines is 1. The number of carbonyl (C=O) groups excluding carboxylic acids is 1. The molecule has 0 unspecified atom stereocenters. The molecule has 4 N–H and O–H groups in total. The molecular weight excluding hydrogens is 457 g/mol. The molecule has 1 heterocycles. The Morgan fingerprint density at radius 1 is 1.24 bits per heavy atom. The van der Waals surface area contributed by atoms with E-state index in [4.69, 9.17) is 51.4 Å². The van der Waals surface area contributed by atoms with Crippen molar-refractivity contribution < 1.29 is 19.8 Å². The fraction of sp³-hybridized carbons (Fsp3) is 0.389. The van der Waals surface area contributed by atoms with Crippen molar-refractivity contribution in [3.05, 3.63) is 34.7 Å². The number of nitrogens with zero attached hydrogens (tertiary/aromatic N) is 2. The fourth-order valence-corrected chi connectivity index (χ4v) is 3.94. The van der Waals surface area contributed by atoms with Gasteiger partial charge in [-0.1, -0.05) is 36.1 Å². The quantitative estimate of drug-likeness (QED) is 0.281. The second-order valence-corrected chi connectivity index (χ2v) is 8.06. The lowest BCUT2D eigenvalue weighted by Crippen LogP contribution is -2.33. The van der Waals surface area contributed by atoms with E-state index < -0.39 is 12.5 Å². The molecule has 0 spiro atoms. The standard InChI is InChI=1S/C16H16Cl2N2O3S2.C2H7NO/c17-5-7-19(8-6-18)12-3-1-11(2-4-12)9-13-15(23)20(10-14(21)22)16(24)25-13;3-1-2-4/h1-4,9H,5-8,10H2,(H,21,22);4H,1-3H2/b13-9-;. The summed E-state index contributed by atoms with van der Waals surface area (Å²) in [5.41, 5.74) is 6.60. The third kappa shape index (κ3) is 8.49. The number of aliphatic carboxylic acids is 1. The molecule has 1 aromatic rings. The predicted octanol–water partition coefficient (Wildman–Crippen LogP) is 2.19. The van der Waals surface area contributed by atoms with Gasteiger partial charge in [-0.15, -0.1) is 23.2 Å². The number of carbonyl (C=O) groups is 2. The van der Waals surface area contributed by atoms with Gasteiger partial charge in [0.25, 0.3) is 5.91 Å². The van der Waals surface area contributed by atoms with E-state index in [0.717, 1.165) is 27.9 Å². The highest BCUT2D eigenvalue weighted by atomic mass is 35.5. The Kier molecular flexibility index (Phi) is 12.2. The summed E-state index contributed by atoms with van der Waals surface area (Å²) in [5, 5.41) is 16.6. The second kappa shape index (κ2) is 13.8. The SMILES string of the molecule is NCCO.O=C(O)CN1C(=O)/C(=C/c2ccc(N(CCCl)CCCl)cc2)SC1=S. The van der Waals surface area contributed by atoms with E-state index >= 15 is 0 Å². The summed E-state index contributed by atoms with van der Waals surface area (Å²) in [5.74, 6) is -0.469. The number of carboxylic acids is 1. The Morgan fingerprint density at radius 3 is 2.24 bits per heavy atom. The molecule has 11 heteroatoms. The van der Waals surface area contributed by atoms with E-state index in [1.165, 1.54) is 0 Å². The van der Waals surface area contributed by atoms with E-state index in [1.54, 1.807) is 6.08 Å². The molecule has 0 radical (unpaired) electrons. The molecule has 1 amide bonds. The smallest absolute Gasteiger partial charge is 0.323 e. The normalized spacial score (nSPS) is 14.8. The molecule has 29 heavy (non-hydrogen) atoms. The fourth-order valence-electron chi connectivity index (χ4n) is 2.28. The Bertz CT molecular complexity index is 724. The molecule has 1 aromatic carbocycles. The molecule has 1 saturated heterocycles. The highest BCUT2D eigenvalue weighted by molar-refractivity contribution is 8.26. The minimum absolute atomic E-state index is 0.0972. The van der Waals surface area contributed by atoms with Gasteiger partial charge in [0, 0.05) is 37.1 Å².